The Morgan fingerprint density at radius 1 is 1.43 bits per heavy atom. The van der Waals surface area contributed by atoms with Gasteiger partial charge < -0.3 is 10.4 Å². The first kappa shape index (κ1) is 12.0. The molecule has 2 nitrogen and oxygen atoms in total. The number of likely N-dealkylation sites (N-methyl/N-ethyl adjacent to an activating group) is 1. The lowest BCUT2D eigenvalue weighted by Crippen LogP contribution is -2.46. The van der Waals surface area contributed by atoms with Gasteiger partial charge in [0.2, 0.25) is 0 Å². The molecule has 2 heteroatoms. The summed E-state index contributed by atoms with van der Waals surface area (Å²) in [6.45, 7) is 9.83. The zero-order chi connectivity index (χ0) is 11.0. The van der Waals surface area contributed by atoms with Gasteiger partial charge in [0, 0.05) is 12.0 Å². The summed E-state index contributed by atoms with van der Waals surface area (Å²) in [6.07, 6.45) is 2.15. The molecule has 1 saturated carbocycles. The molecule has 3 atom stereocenters. The Kier molecular flexibility index (Phi) is 3.27. The van der Waals surface area contributed by atoms with Gasteiger partial charge in [-0.25, -0.2) is 0 Å². The van der Waals surface area contributed by atoms with Crippen LogP contribution in [0.3, 0.4) is 0 Å². The average molecular weight is 199 g/mol. The van der Waals surface area contributed by atoms with Crippen molar-refractivity contribution in [2.75, 3.05) is 13.6 Å². The molecule has 0 radical (unpaired) electrons. The van der Waals surface area contributed by atoms with Crippen LogP contribution in [0.15, 0.2) is 0 Å². The van der Waals surface area contributed by atoms with Gasteiger partial charge in [0.15, 0.2) is 0 Å². The molecule has 3 unspecified atom stereocenters. The Bertz CT molecular complexity index is 202. The Labute approximate surface area is 88.1 Å². The first-order valence-corrected chi connectivity index (χ1v) is 5.69. The molecule has 1 aliphatic rings. The second kappa shape index (κ2) is 3.82. The molecule has 1 rings (SSSR count). The fourth-order valence-corrected chi connectivity index (χ4v) is 2.78. The van der Waals surface area contributed by atoms with E-state index in [0.29, 0.717) is 12.5 Å². The average Bonchev–Trinajstić information content (AvgIpc) is 2.31. The van der Waals surface area contributed by atoms with Crippen LogP contribution in [0.1, 0.15) is 40.5 Å². The monoisotopic (exact) mass is 199 g/mol. The summed E-state index contributed by atoms with van der Waals surface area (Å²) < 4.78 is 0. The minimum atomic E-state index is -0.229. The highest BCUT2D eigenvalue weighted by molar-refractivity contribution is 5.02. The Balaban J connectivity index is 2.83. The van der Waals surface area contributed by atoms with Gasteiger partial charge in [-0.05, 0) is 31.2 Å². The topological polar surface area (TPSA) is 32.3 Å². The summed E-state index contributed by atoms with van der Waals surface area (Å²) in [7, 11) is 1.90. The van der Waals surface area contributed by atoms with Crippen molar-refractivity contribution >= 4 is 0 Å². The molecule has 84 valence electrons. The van der Waals surface area contributed by atoms with E-state index in [1.54, 1.807) is 0 Å². The molecule has 14 heavy (non-hydrogen) atoms. The van der Waals surface area contributed by atoms with E-state index >= 15 is 0 Å². The van der Waals surface area contributed by atoms with E-state index in [1.807, 2.05) is 7.05 Å². The fraction of sp³-hybridized carbons (Fsp3) is 1.00. The number of rotatable bonds is 3. The minimum absolute atomic E-state index is 0.0649. The lowest BCUT2D eigenvalue weighted by atomic mass is 9.63. The Morgan fingerprint density at radius 3 is 2.36 bits per heavy atom. The van der Waals surface area contributed by atoms with Gasteiger partial charge in [-0.3, -0.25) is 0 Å². The van der Waals surface area contributed by atoms with Crippen LogP contribution < -0.4 is 5.32 Å². The maximum Gasteiger partial charge on any atom is 0.0723 e. The van der Waals surface area contributed by atoms with Crippen LogP contribution in [-0.4, -0.2) is 24.8 Å². The highest BCUT2D eigenvalue weighted by atomic mass is 16.3. The van der Waals surface area contributed by atoms with Gasteiger partial charge in [0.05, 0.1) is 6.10 Å². The largest absolute Gasteiger partial charge is 0.391 e. The van der Waals surface area contributed by atoms with Crippen LogP contribution >= 0.6 is 0 Å². The van der Waals surface area contributed by atoms with Gasteiger partial charge in [0.1, 0.15) is 0 Å². The van der Waals surface area contributed by atoms with Crippen molar-refractivity contribution in [2.45, 2.75) is 46.6 Å². The summed E-state index contributed by atoms with van der Waals surface area (Å²) in [6, 6.07) is 0. The van der Waals surface area contributed by atoms with E-state index in [0.717, 1.165) is 6.42 Å². The van der Waals surface area contributed by atoms with E-state index in [-0.39, 0.29) is 16.9 Å². The smallest absolute Gasteiger partial charge is 0.0723 e. The Hall–Kier alpha value is -0.0800. The first-order valence-electron chi connectivity index (χ1n) is 5.69. The molecule has 0 heterocycles. The predicted molar refractivity (Wildman–Crippen MR) is 60.2 cm³/mol. The standard InChI is InChI=1S/C12H25NO/c1-9-6-7-12(4,11(9,2)3)10(14)8-13-5/h9-10,13-14H,6-8H2,1-5H3. The van der Waals surface area contributed by atoms with Crippen molar-refractivity contribution in [2.24, 2.45) is 16.7 Å². The molecule has 0 bridgehead atoms. The second-order valence-corrected chi connectivity index (χ2v) is 5.65. The van der Waals surface area contributed by atoms with Crippen LogP contribution in [0.5, 0.6) is 0 Å². The highest BCUT2D eigenvalue weighted by Gasteiger charge is 2.52. The molecular formula is C12H25NO. The second-order valence-electron chi connectivity index (χ2n) is 5.65. The highest BCUT2D eigenvalue weighted by Crippen LogP contribution is 2.57. The van der Waals surface area contributed by atoms with Gasteiger partial charge in [-0.1, -0.05) is 27.7 Å². The number of aliphatic hydroxyl groups is 1. The molecule has 0 aliphatic heterocycles. The molecular weight excluding hydrogens is 174 g/mol. The van der Waals surface area contributed by atoms with Crippen molar-refractivity contribution in [3.05, 3.63) is 0 Å². The van der Waals surface area contributed by atoms with Crippen LogP contribution in [-0.2, 0) is 0 Å². The van der Waals surface area contributed by atoms with Crippen molar-refractivity contribution in [1.82, 2.24) is 5.32 Å². The minimum Gasteiger partial charge on any atom is -0.391 e. The fourth-order valence-electron chi connectivity index (χ4n) is 2.78. The predicted octanol–water partition coefficient (Wildman–Crippen LogP) is 2.03. The maximum absolute atomic E-state index is 10.2. The summed E-state index contributed by atoms with van der Waals surface area (Å²) in [4.78, 5) is 0. The SMILES string of the molecule is CNCC(O)C1(C)CCC(C)C1(C)C. The first-order chi connectivity index (χ1) is 6.36. The lowest BCUT2D eigenvalue weighted by molar-refractivity contribution is -0.0382. The summed E-state index contributed by atoms with van der Waals surface area (Å²) in [5.41, 5.74) is 0.304. The van der Waals surface area contributed by atoms with E-state index in [2.05, 4.69) is 33.0 Å². The van der Waals surface area contributed by atoms with Gasteiger partial charge in [-0.15, -0.1) is 0 Å². The summed E-state index contributed by atoms with van der Waals surface area (Å²) >= 11 is 0. The van der Waals surface area contributed by atoms with Crippen molar-refractivity contribution in [3.8, 4) is 0 Å². The number of aliphatic hydroxyl groups excluding tert-OH is 1. The van der Waals surface area contributed by atoms with Gasteiger partial charge in [0.25, 0.3) is 0 Å². The summed E-state index contributed by atoms with van der Waals surface area (Å²) in [5.74, 6) is 0.707. The normalized spacial score (nSPS) is 38.6. The number of nitrogens with one attached hydrogen (secondary N) is 1. The van der Waals surface area contributed by atoms with E-state index < -0.39 is 0 Å². The molecule has 0 aromatic rings. The zero-order valence-electron chi connectivity index (χ0n) is 10.2. The third-order valence-corrected chi connectivity index (χ3v) is 4.93. The maximum atomic E-state index is 10.2. The van der Waals surface area contributed by atoms with Gasteiger partial charge >= 0.3 is 0 Å². The third kappa shape index (κ3) is 1.59. The van der Waals surface area contributed by atoms with Crippen LogP contribution in [0.4, 0.5) is 0 Å². The van der Waals surface area contributed by atoms with E-state index in [1.165, 1.54) is 6.42 Å². The molecule has 0 aromatic heterocycles. The van der Waals surface area contributed by atoms with Crippen LogP contribution in [0.25, 0.3) is 0 Å². The van der Waals surface area contributed by atoms with Gasteiger partial charge in [-0.2, -0.15) is 0 Å². The molecule has 0 amide bonds. The lowest BCUT2D eigenvalue weighted by Gasteiger charge is -2.44. The third-order valence-electron chi connectivity index (χ3n) is 4.93. The zero-order valence-corrected chi connectivity index (χ0v) is 10.2. The molecule has 1 aliphatic carbocycles. The van der Waals surface area contributed by atoms with Crippen LogP contribution in [0.2, 0.25) is 0 Å². The number of hydrogen-bond acceptors (Lipinski definition) is 2. The van der Waals surface area contributed by atoms with Crippen molar-refractivity contribution < 1.29 is 5.11 Å². The van der Waals surface area contributed by atoms with Crippen molar-refractivity contribution in [3.63, 3.8) is 0 Å². The Morgan fingerprint density at radius 2 is 2.00 bits per heavy atom. The molecule has 2 N–H and O–H groups in total. The quantitative estimate of drug-likeness (QED) is 0.729. The van der Waals surface area contributed by atoms with E-state index in [9.17, 15) is 5.11 Å². The number of hydrogen-bond donors (Lipinski definition) is 2. The van der Waals surface area contributed by atoms with E-state index in [4.69, 9.17) is 0 Å². The van der Waals surface area contributed by atoms with Crippen LogP contribution in [0, 0.1) is 16.7 Å². The molecule has 0 aromatic carbocycles. The summed E-state index contributed by atoms with van der Waals surface area (Å²) in [5, 5.41) is 13.3. The molecule has 0 spiro atoms. The molecule has 0 saturated heterocycles. The van der Waals surface area contributed by atoms with Crippen molar-refractivity contribution in [1.29, 1.82) is 0 Å². The molecule has 1 fully saturated rings.